The number of anilines is 2. The van der Waals surface area contributed by atoms with Crippen LogP contribution >= 0.6 is 11.8 Å². The fraction of sp³-hybridized carbons (Fsp3) is 0.0667. The number of carbonyl (C=O) groups is 2. The highest BCUT2D eigenvalue weighted by atomic mass is 32.2. The Bertz CT molecular complexity index is 883. The smallest absolute Gasteiger partial charge is 0.295 e. The molecule has 1 aliphatic heterocycles. The largest absolute Gasteiger partial charge is 0.365 e. The Morgan fingerprint density at radius 1 is 1.00 bits per heavy atom. The number of para-hydroxylation sites is 1. The predicted molar refractivity (Wildman–Crippen MR) is 92.1 cm³/mol. The Morgan fingerprint density at radius 3 is 2.21 bits per heavy atom. The SMILES string of the molecule is NS(=O)(=O)c1ccc(N[C@H]2SC(=O)N(c3ccccc3)C2=O)cc1. The van der Waals surface area contributed by atoms with Crippen molar-refractivity contribution in [3.63, 3.8) is 0 Å². The van der Waals surface area contributed by atoms with Crippen molar-refractivity contribution in [1.29, 1.82) is 0 Å². The van der Waals surface area contributed by atoms with Crippen molar-refractivity contribution >= 4 is 44.3 Å². The van der Waals surface area contributed by atoms with Gasteiger partial charge in [-0.2, -0.15) is 0 Å². The second-order valence-corrected chi connectivity index (χ2v) is 7.60. The fourth-order valence-corrected chi connectivity index (χ4v) is 3.62. The van der Waals surface area contributed by atoms with E-state index in [1.54, 1.807) is 30.3 Å². The zero-order valence-corrected chi connectivity index (χ0v) is 13.9. The lowest BCUT2D eigenvalue weighted by molar-refractivity contribution is -0.116. The fourth-order valence-electron chi connectivity index (χ4n) is 2.20. The van der Waals surface area contributed by atoms with Crippen LogP contribution in [0.4, 0.5) is 16.2 Å². The maximum Gasteiger partial charge on any atom is 0.295 e. The standard InChI is InChI=1S/C15H13N3O4S2/c16-24(21,22)12-8-6-10(7-9-12)17-13-14(19)18(15(20)23-13)11-4-2-1-3-5-11/h1-9,13,17H,(H2,16,21,22)/t13-/m0/s1. The van der Waals surface area contributed by atoms with E-state index >= 15 is 0 Å². The number of nitrogens with zero attached hydrogens (tertiary/aromatic N) is 1. The predicted octanol–water partition coefficient (Wildman–Crippen LogP) is 1.97. The third kappa shape index (κ3) is 3.28. The molecule has 3 N–H and O–H groups in total. The summed E-state index contributed by atoms with van der Waals surface area (Å²) in [6.07, 6.45) is 0. The molecule has 1 heterocycles. The number of amides is 2. The monoisotopic (exact) mass is 363 g/mol. The molecule has 9 heteroatoms. The molecule has 24 heavy (non-hydrogen) atoms. The van der Waals surface area contributed by atoms with E-state index in [4.69, 9.17) is 5.14 Å². The number of nitrogens with two attached hydrogens (primary N) is 1. The number of hydrogen-bond donors (Lipinski definition) is 2. The molecule has 0 saturated carbocycles. The summed E-state index contributed by atoms with van der Waals surface area (Å²) in [5, 5.41) is 6.80. The van der Waals surface area contributed by atoms with Gasteiger partial charge in [0.15, 0.2) is 5.37 Å². The van der Waals surface area contributed by atoms with E-state index < -0.39 is 15.4 Å². The van der Waals surface area contributed by atoms with E-state index in [-0.39, 0.29) is 16.0 Å². The van der Waals surface area contributed by atoms with Gasteiger partial charge in [-0.1, -0.05) is 18.2 Å². The van der Waals surface area contributed by atoms with Crippen LogP contribution in [0, 0.1) is 0 Å². The number of imide groups is 1. The summed E-state index contributed by atoms with van der Waals surface area (Å²) in [6, 6.07) is 14.3. The van der Waals surface area contributed by atoms with Crippen LogP contribution in [0.15, 0.2) is 59.5 Å². The van der Waals surface area contributed by atoms with E-state index in [0.29, 0.717) is 11.4 Å². The second-order valence-electron chi connectivity index (χ2n) is 4.99. The highest BCUT2D eigenvalue weighted by Gasteiger charge is 2.40. The molecule has 3 rings (SSSR count). The van der Waals surface area contributed by atoms with Crippen LogP contribution in [0.1, 0.15) is 0 Å². The van der Waals surface area contributed by atoms with Crippen LogP contribution in [0.3, 0.4) is 0 Å². The van der Waals surface area contributed by atoms with E-state index in [2.05, 4.69) is 5.32 Å². The lowest BCUT2D eigenvalue weighted by Gasteiger charge is -2.14. The van der Waals surface area contributed by atoms with Crippen molar-refractivity contribution in [3.8, 4) is 0 Å². The number of carbonyl (C=O) groups excluding carboxylic acids is 2. The molecule has 2 aromatic carbocycles. The molecule has 2 amide bonds. The Kier molecular flexibility index (Phi) is 4.31. The molecular weight excluding hydrogens is 350 g/mol. The van der Waals surface area contributed by atoms with Gasteiger partial charge >= 0.3 is 0 Å². The van der Waals surface area contributed by atoms with Gasteiger partial charge in [-0.3, -0.25) is 9.59 Å². The molecule has 1 atom stereocenters. The zero-order chi connectivity index (χ0) is 17.3. The molecule has 0 radical (unpaired) electrons. The molecule has 0 aromatic heterocycles. The normalized spacial score (nSPS) is 18.0. The molecule has 1 fully saturated rings. The zero-order valence-electron chi connectivity index (χ0n) is 12.2. The minimum Gasteiger partial charge on any atom is -0.365 e. The molecule has 0 aliphatic carbocycles. The summed E-state index contributed by atoms with van der Waals surface area (Å²) >= 11 is 0.865. The molecule has 0 bridgehead atoms. The lowest BCUT2D eigenvalue weighted by atomic mass is 10.3. The minimum absolute atomic E-state index is 0.0274. The van der Waals surface area contributed by atoms with Gasteiger partial charge in [0.1, 0.15) is 0 Å². The summed E-state index contributed by atoms with van der Waals surface area (Å²) in [5.74, 6) is -0.383. The summed E-state index contributed by atoms with van der Waals surface area (Å²) in [6.45, 7) is 0. The first-order valence-electron chi connectivity index (χ1n) is 6.85. The quantitative estimate of drug-likeness (QED) is 0.859. The number of rotatable bonds is 4. The van der Waals surface area contributed by atoms with Crippen molar-refractivity contribution in [2.24, 2.45) is 5.14 Å². The topological polar surface area (TPSA) is 110 Å². The summed E-state index contributed by atoms with van der Waals surface area (Å²) in [5.41, 5.74) is 1.02. The Hall–Kier alpha value is -2.36. The number of sulfonamides is 1. The molecule has 0 spiro atoms. The highest BCUT2D eigenvalue weighted by molar-refractivity contribution is 8.16. The summed E-state index contributed by atoms with van der Waals surface area (Å²) in [4.78, 5) is 25.6. The van der Waals surface area contributed by atoms with Crippen LogP contribution in [0.2, 0.25) is 0 Å². The van der Waals surface area contributed by atoms with Gasteiger partial charge < -0.3 is 5.32 Å². The molecule has 124 valence electrons. The Morgan fingerprint density at radius 2 is 1.62 bits per heavy atom. The van der Waals surface area contributed by atoms with Crippen molar-refractivity contribution in [2.45, 2.75) is 10.3 Å². The van der Waals surface area contributed by atoms with Crippen molar-refractivity contribution < 1.29 is 18.0 Å². The van der Waals surface area contributed by atoms with Gasteiger partial charge in [0.2, 0.25) is 10.0 Å². The maximum absolute atomic E-state index is 12.5. The summed E-state index contributed by atoms with van der Waals surface area (Å²) < 4.78 is 22.5. The third-order valence-corrected chi connectivity index (χ3v) is 5.21. The average Bonchev–Trinajstić information content (AvgIpc) is 2.82. The van der Waals surface area contributed by atoms with Crippen molar-refractivity contribution in [1.82, 2.24) is 0 Å². The lowest BCUT2D eigenvalue weighted by Crippen LogP contribution is -2.34. The van der Waals surface area contributed by atoms with Gasteiger partial charge in [0.25, 0.3) is 11.1 Å². The molecule has 0 unspecified atom stereocenters. The summed E-state index contributed by atoms with van der Waals surface area (Å²) in [7, 11) is -3.77. The van der Waals surface area contributed by atoms with Crippen LogP contribution in [-0.4, -0.2) is 24.9 Å². The van der Waals surface area contributed by atoms with Crippen LogP contribution in [0.5, 0.6) is 0 Å². The number of benzene rings is 2. The van der Waals surface area contributed by atoms with Crippen LogP contribution < -0.4 is 15.4 Å². The molecule has 1 aliphatic rings. The van der Waals surface area contributed by atoms with Crippen LogP contribution in [0.25, 0.3) is 0 Å². The molecule has 2 aromatic rings. The first-order valence-corrected chi connectivity index (χ1v) is 9.28. The second kappa shape index (κ2) is 6.27. The third-order valence-electron chi connectivity index (χ3n) is 3.34. The highest BCUT2D eigenvalue weighted by Crippen LogP contribution is 2.32. The van der Waals surface area contributed by atoms with E-state index in [1.807, 2.05) is 0 Å². The van der Waals surface area contributed by atoms with Gasteiger partial charge in [0.05, 0.1) is 10.6 Å². The molecular formula is C15H13N3O4S2. The first kappa shape index (κ1) is 16.5. The molecule has 7 nitrogen and oxygen atoms in total. The first-order chi connectivity index (χ1) is 11.4. The van der Waals surface area contributed by atoms with Crippen LogP contribution in [-0.2, 0) is 14.8 Å². The Labute approximate surface area is 142 Å². The van der Waals surface area contributed by atoms with Crippen molar-refractivity contribution in [2.75, 3.05) is 10.2 Å². The van der Waals surface area contributed by atoms with Gasteiger partial charge in [-0.15, -0.1) is 0 Å². The van der Waals surface area contributed by atoms with Gasteiger partial charge in [-0.25, -0.2) is 18.5 Å². The molecule has 1 saturated heterocycles. The van der Waals surface area contributed by atoms with Gasteiger partial charge in [0, 0.05) is 5.69 Å². The van der Waals surface area contributed by atoms with E-state index in [0.717, 1.165) is 16.7 Å². The number of primary sulfonamides is 1. The maximum atomic E-state index is 12.5. The van der Waals surface area contributed by atoms with Crippen molar-refractivity contribution in [3.05, 3.63) is 54.6 Å². The van der Waals surface area contributed by atoms with E-state index in [9.17, 15) is 18.0 Å². The number of nitrogens with one attached hydrogen (secondary N) is 1. The number of hydrogen-bond acceptors (Lipinski definition) is 6. The minimum atomic E-state index is -3.77. The number of thioether (sulfide) groups is 1. The van der Waals surface area contributed by atoms with Gasteiger partial charge in [-0.05, 0) is 48.2 Å². The van der Waals surface area contributed by atoms with E-state index in [1.165, 1.54) is 24.3 Å². The average molecular weight is 363 g/mol. The Balaban J connectivity index is 1.77.